The first-order valence-corrected chi connectivity index (χ1v) is 7.18. The van der Waals surface area contributed by atoms with Gasteiger partial charge in [0.25, 0.3) is 0 Å². The van der Waals surface area contributed by atoms with Crippen molar-refractivity contribution in [1.82, 2.24) is 5.32 Å². The summed E-state index contributed by atoms with van der Waals surface area (Å²) in [5, 5.41) is 6.06. The SMILES string of the molecule is Nc1cc(CNCc2cc(Br)cs2)ccc1Cl. The second kappa shape index (κ2) is 5.87. The van der Waals surface area contributed by atoms with Gasteiger partial charge >= 0.3 is 0 Å². The molecule has 2 aromatic rings. The molecular formula is C12H12BrClN2S. The third kappa shape index (κ3) is 3.71. The predicted octanol–water partition coefficient (Wildman–Crippen LogP) is 4.04. The lowest BCUT2D eigenvalue weighted by molar-refractivity contribution is 0.701. The van der Waals surface area contributed by atoms with Gasteiger partial charge in [-0.1, -0.05) is 17.7 Å². The molecule has 0 aliphatic carbocycles. The van der Waals surface area contributed by atoms with E-state index in [4.69, 9.17) is 17.3 Å². The lowest BCUT2D eigenvalue weighted by Crippen LogP contribution is -2.11. The number of halogens is 2. The van der Waals surface area contributed by atoms with E-state index in [2.05, 4.69) is 32.7 Å². The van der Waals surface area contributed by atoms with E-state index in [-0.39, 0.29) is 0 Å². The summed E-state index contributed by atoms with van der Waals surface area (Å²) in [7, 11) is 0. The van der Waals surface area contributed by atoms with Gasteiger partial charge in [-0.25, -0.2) is 0 Å². The van der Waals surface area contributed by atoms with E-state index < -0.39 is 0 Å². The molecule has 90 valence electrons. The molecule has 17 heavy (non-hydrogen) atoms. The fourth-order valence-corrected chi connectivity index (χ4v) is 3.02. The summed E-state index contributed by atoms with van der Waals surface area (Å²) < 4.78 is 1.13. The highest BCUT2D eigenvalue weighted by Crippen LogP contribution is 2.21. The quantitative estimate of drug-likeness (QED) is 0.830. The van der Waals surface area contributed by atoms with Crippen LogP contribution in [0, 0.1) is 0 Å². The van der Waals surface area contributed by atoms with Crippen molar-refractivity contribution >= 4 is 44.6 Å². The molecule has 1 aromatic carbocycles. The van der Waals surface area contributed by atoms with Gasteiger partial charge in [0.2, 0.25) is 0 Å². The summed E-state index contributed by atoms with van der Waals surface area (Å²) >= 11 is 11.0. The second-order valence-electron chi connectivity index (χ2n) is 3.69. The highest BCUT2D eigenvalue weighted by atomic mass is 79.9. The van der Waals surface area contributed by atoms with E-state index in [1.54, 1.807) is 11.3 Å². The van der Waals surface area contributed by atoms with Crippen molar-refractivity contribution in [3.05, 3.63) is 49.6 Å². The third-order valence-electron chi connectivity index (χ3n) is 2.31. The largest absolute Gasteiger partial charge is 0.398 e. The van der Waals surface area contributed by atoms with Gasteiger partial charge in [0.1, 0.15) is 0 Å². The molecule has 0 saturated heterocycles. The van der Waals surface area contributed by atoms with Crippen molar-refractivity contribution in [2.75, 3.05) is 5.73 Å². The topological polar surface area (TPSA) is 38.0 Å². The van der Waals surface area contributed by atoms with Crippen LogP contribution < -0.4 is 11.1 Å². The van der Waals surface area contributed by atoms with E-state index in [1.165, 1.54) is 4.88 Å². The number of hydrogen-bond donors (Lipinski definition) is 2. The third-order valence-corrected chi connectivity index (χ3v) is 4.35. The van der Waals surface area contributed by atoms with E-state index in [1.807, 2.05) is 18.2 Å². The average Bonchev–Trinajstić information content (AvgIpc) is 2.70. The van der Waals surface area contributed by atoms with Gasteiger partial charge in [-0.15, -0.1) is 11.3 Å². The van der Waals surface area contributed by atoms with Gasteiger partial charge in [-0.2, -0.15) is 0 Å². The van der Waals surface area contributed by atoms with Gasteiger partial charge in [-0.05, 0) is 39.7 Å². The van der Waals surface area contributed by atoms with Crippen LogP contribution in [0.3, 0.4) is 0 Å². The number of nitrogen functional groups attached to an aromatic ring is 1. The fourth-order valence-electron chi connectivity index (χ4n) is 1.48. The first-order valence-electron chi connectivity index (χ1n) is 5.12. The Morgan fingerprint density at radius 1 is 1.29 bits per heavy atom. The number of thiophene rings is 1. The molecule has 0 aliphatic rings. The summed E-state index contributed by atoms with van der Waals surface area (Å²) in [6.45, 7) is 1.65. The first kappa shape index (κ1) is 12.9. The minimum Gasteiger partial charge on any atom is -0.398 e. The molecule has 0 radical (unpaired) electrons. The zero-order valence-electron chi connectivity index (χ0n) is 9.04. The molecule has 1 aromatic heterocycles. The summed E-state index contributed by atoms with van der Waals surface area (Å²) in [5.41, 5.74) is 7.51. The number of nitrogens with two attached hydrogens (primary N) is 1. The van der Waals surface area contributed by atoms with Crippen LogP contribution >= 0.6 is 38.9 Å². The zero-order chi connectivity index (χ0) is 12.3. The maximum atomic E-state index is 5.86. The maximum absolute atomic E-state index is 5.86. The monoisotopic (exact) mass is 330 g/mol. The standard InChI is InChI=1S/C12H12BrClN2S/c13-9-4-10(17-7-9)6-16-5-8-1-2-11(14)12(15)3-8/h1-4,7,16H,5-6,15H2. The molecule has 0 saturated carbocycles. The fraction of sp³-hybridized carbons (Fsp3) is 0.167. The molecule has 0 amide bonds. The van der Waals surface area contributed by atoms with E-state index >= 15 is 0 Å². The smallest absolute Gasteiger partial charge is 0.0635 e. The summed E-state index contributed by atoms with van der Waals surface area (Å²) in [5.74, 6) is 0. The highest BCUT2D eigenvalue weighted by Gasteiger charge is 2.00. The van der Waals surface area contributed by atoms with E-state index in [0.717, 1.165) is 23.1 Å². The molecular weight excluding hydrogens is 320 g/mol. The van der Waals surface area contributed by atoms with Crippen molar-refractivity contribution in [3.63, 3.8) is 0 Å². The van der Waals surface area contributed by atoms with Crippen LogP contribution in [0.15, 0.2) is 34.1 Å². The lowest BCUT2D eigenvalue weighted by Gasteiger charge is -2.05. The van der Waals surface area contributed by atoms with E-state index in [0.29, 0.717) is 10.7 Å². The second-order valence-corrected chi connectivity index (χ2v) is 6.01. The Kier molecular flexibility index (Phi) is 4.45. The summed E-state index contributed by atoms with van der Waals surface area (Å²) in [4.78, 5) is 1.30. The highest BCUT2D eigenvalue weighted by molar-refractivity contribution is 9.10. The average molecular weight is 332 g/mol. The Hall–Kier alpha value is -0.550. The van der Waals surface area contributed by atoms with Crippen LogP contribution in [0.4, 0.5) is 5.69 Å². The maximum Gasteiger partial charge on any atom is 0.0635 e. The summed E-state index contributed by atoms with van der Waals surface area (Å²) in [6, 6.07) is 7.83. The predicted molar refractivity (Wildman–Crippen MR) is 78.4 cm³/mol. The minimum absolute atomic E-state index is 0.607. The molecule has 0 unspecified atom stereocenters. The number of nitrogens with one attached hydrogen (secondary N) is 1. The molecule has 2 nitrogen and oxygen atoms in total. The molecule has 5 heteroatoms. The van der Waals surface area contributed by atoms with Gasteiger partial charge in [0, 0.05) is 27.8 Å². The number of rotatable bonds is 4. The van der Waals surface area contributed by atoms with Crippen molar-refractivity contribution in [2.45, 2.75) is 13.1 Å². The van der Waals surface area contributed by atoms with Crippen LogP contribution in [0.5, 0.6) is 0 Å². The molecule has 3 N–H and O–H groups in total. The first-order chi connectivity index (χ1) is 8.15. The summed E-state index contributed by atoms with van der Waals surface area (Å²) in [6.07, 6.45) is 0. The Morgan fingerprint density at radius 2 is 2.12 bits per heavy atom. The molecule has 0 bridgehead atoms. The Bertz CT molecular complexity index is 513. The number of anilines is 1. The van der Waals surface area contributed by atoms with Crippen LogP contribution in [0.2, 0.25) is 5.02 Å². The molecule has 0 atom stereocenters. The van der Waals surface area contributed by atoms with Crippen molar-refractivity contribution < 1.29 is 0 Å². The van der Waals surface area contributed by atoms with Crippen LogP contribution in [-0.4, -0.2) is 0 Å². The molecule has 0 spiro atoms. The number of benzene rings is 1. The molecule has 0 aliphatic heterocycles. The van der Waals surface area contributed by atoms with E-state index in [9.17, 15) is 0 Å². The normalized spacial score (nSPS) is 10.7. The van der Waals surface area contributed by atoms with Crippen molar-refractivity contribution in [2.24, 2.45) is 0 Å². The molecule has 0 fully saturated rings. The van der Waals surface area contributed by atoms with Gasteiger partial charge in [0.15, 0.2) is 0 Å². The van der Waals surface area contributed by atoms with Crippen LogP contribution in [0.1, 0.15) is 10.4 Å². The Balaban J connectivity index is 1.87. The molecule has 2 rings (SSSR count). The number of hydrogen-bond acceptors (Lipinski definition) is 3. The zero-order valence-corrected chi connectivity index (χ0v) is 12.2. The minimum atomic E-state index is 0.607. The molecule has 1 heterocycles. The van der Waals surface area contributed by atoms with Crippen LogP contribution in [-0.2, 0) is 13.1 Å². The van der Waals surface area contributed by atoms with Gasteiger partial charge in [0.05, 0.1) is 10.7 Å². The van der Waals surface area contributed by atoms with Gasteiger partial charge in [-0.3, -0.25) is 0 Å². The van der Waals surface area contributed by atoms with Crippen molar-refractivity contribution in [1.29, 1.82) is 0 Å². The van der Waals surface area contributed by atoms with Crippen LogP contribution in [0.25, 0.3) is 0 Å². The lowest BCUT2D eigenvalue weighted by atomic mass is 10.2. The Labute approximate surface area is 118 Å². The Morgan fingerprint density at radius 3 is 2.76 bits per heavy atom. The van der Waals surface area contributed by atoms with Gasteiger partial charge < -0.3 is 11.1 Å². The van der Waals surface area contributed by atoms with Crippen molar-refractivity contribution in [3.8, 4) is 0 Å².